The molecular formula is C20H27N3O2. The van der Waals surface area contributed by atoms with Gasteiger partial charge in [-0.2, -0.15) is 0 Å². The average Bonchev–Trinajstić information content (AvgIpc) is 2.55. The minimum Gasteiger partial charge on any atom is -0.389 e. The summed E-state index contributed by atoms with van der Waals surface area (Å²) in [5.41, 5.74) is 2.20. The van der Waals surface area contributed by atoms with Crippen LogP contribution < -0.4 is 5.32 Å². The molecule has 0 saturated heterocycles. The molecule has 0 bridgehead atoms. The molecule has 2 aromatic rings. The molecule has 1 aromatic carbocycles. The quantitative estimate of drug-likeness (QED) is 0.848. The fourth-order valence-corrected chi connectivity index (χ4v) is 2.68. The van der Waals surface area contributed by atoms with E-state index in [1.165, 1.54) is 10.5 Å². The lowest BCUT2D eigenvalue weighted by Gasteiger charge is -2.28. The van der Waals surface area contributed by atoms with E-state index >= 15 is 0 Å². The molecule has 0 aliphatic heterocycles. The number of urea groups is 1. The van der Waals surface area contributed by atoms with Crippen molar-refractivity contribution in [1.82, 2.24) is 15.2 Å². The van der Waals surface area contributed by atoms with Crippen LogP contribution in [0.2, 0.25) is 0 Å². The Morgan fingerprint density at radius 2 is 1.92 bits per heavy atom. The van der Waals surface area contributed by atoms with Crippen molar-refractivity contribution < 1.29 is 9.90 Å². The maximum absolute atomic E-state index is 12.5. The zero-order valence-corrected chi connectivity index (χ0v) is 15.4. The fraction of sp³-hybridized carbons (Fsp3) is 0.400. The van der Waals surface area contributed by atoms with Gasteiger partial charge in [-0.3, -0.25) is 4.98 Å². The lowest BCUT2D eigenvalue weighted by molar-refractivity contribution is 0.0527. The van der Waals surface area contributed by atoms with Gasteiger partial charge in [0.2, 0.25) is 0 Å². The molecule has 1 heterocycles. The Bertz CT molecular complexity index is 678. The Morgan fingerprint density at radius 3 is 2.48 bits per heavy atom. The van der Waals surface area contributed by atoms with Crippen LogP contribution in [0.3, 0.4) is 0 Å². The average molecular weight is 341 g/mol. The molecule has 0 spiro atoms. The number of aryl methyl sites for hydroxylation is 1. The highest BCUT2D eigenvalue weighted by Crippen LogP contribution is 2.18. The molecule has 5 heteroatoms. The number of likely N-dealkylation sites (N-methyl/N-ethyl adjacent to an activating group) is 1. The highest BCUT2D eigenvalue weighted by molar-refractivity contribution is 5.74. The van der Waals surface area contributed by atoms with Gasteiger partial charge in [0.05, 0.1) is 23.9 Å². The number of nitrogens with one attached hydrogen (secondary N) is 1. The first-order chi connectivity index (χ1) is 11.7. The van der Waals surface area contributed by atoms with Crippen LogP contribution in [0.1, 0.15) is 36.7 Å². The van der Waals surface area contributed by atoms with E-state index in [1.807, 2.05) is 25.1 Å². The highest BCUT2D eigenvalue weighted by Gasteiger charge is 2.22. The van der Waals surface area contributed by atoms with E-state index in [4.69, 9.17) is 0 Å². The summed E-state index contributed by atoms with van der Waals surface area (Å²) in [6, 6.07) is 13.5. The number of rotatable bonds is 6. The molecule has 1 aromatic heterocycles. The molecule has 5 nitrogen and oxygen atoms in total. The van der Waals surface area contributed by atoms with E-state index in [0.717, 1.165) is 11.3 Å². The van der Waals surface area contributed by atoms with Gasteiger partial charge in [0.15, 0.2) is 0 Å². The number of hydrogen-bond acceptors (Lipinski definition) is 3. The van der Waals surface area contributed by atoms with E-state index in [-0.39, 0.29) is 18.6 Å². The topological polar surface area (TPSA) is 65.5 Å². The first kappa shape index (κ1) is 18.9. The summed E-state index contributed by atoms with van der Waals surface area (Å²) in [7, 11) is 1.68. The summed E-state index contributed by atoms with van der Waals surface area (Å²) in [5.74, 6) is 0. The van der Waals surface area contributed by atoms with E-state index in [0.29, 0.717) is 6.42 Å². The molecule has 0 aliphatic rings. The number of amides is 2. The number of aromatic nitrogens is 1. The van der Waals surface area contributed by atoms with Gasteiger partial charge in [-0.15, -0.1) is 0 Å². The fourth-order valence-electron chi connectivity index (χ4n) is 2.68. The third-order valence-corrected chi connectivity index (χ3v) is 3.87. The van der Waals surface area contributed by atoms with Crippen molar-refractivity contribution in [3.05, 3.63) is 65.5 Å². The summed E-state index contributed by atoms with van der Waals surface area (Å²) < 4.78 is 0. The zero-order valence-electron chi connectivity index (χ0n) is 15.4. The summed E-state index contributed by atoms with van der Waals surface area (Å²) in [5, 5.41) is 12.9. The van der Waals surface area contributed by atoms with Gasteiger partial charge in [0, 0.05) is 13.2 Å². The predicted octanol–water partition coefficient (Wildman–Crippen LogP) is 3.09. The number of pyridine rings is 1. The second-order valence-corrected chi connectivity index (χ2v) is 7.11. The third kappa shape index (κ3) is 6.19. The predicted molar refractivity (Wildman–Crippen MR) is 99.3 cm³/mol. The second-order valence-electron chi connectivity index (χ2n) is 7.11. The Morgan fingerprint density at radius 1 is 1.24 bits per heavy atom. The molecule has 0 radical (unpaired) electrons. The van der Waals surface area contributed by atoms with Crippen LogP contribution in [0, 0.1) is 6.92 Å². The number of carbonyl (C=O) groups is 1. The van der Waals surface area contributed by atoms with Crippen LogP contribution in [-0.4, -0.2) is 40.2 Å². The van der Waals surface area contributed by atoms with Crippen LogP contribution in [0.5, 0.6) is 0 Å². The molecule has 0 aliphatic carbocycles. The minimum atomic E-state index is -0.941. The van der Waals surface area contributed by atoms with Crippen molar-refractivity contribution >= 4 is 6.03 Å². The molecular weight excluding hydrogens is 314 g/mol. The Balaban J connectivity index is 2.14. The van der Waals surface area contributed by atoms with Gasteiger partial charge in [0.25, 0.3) is 0 Å². The molecule has 1 atom stereocenters. The van der Waals surface area contributed by atoms with Crippen molar-refractivity contribution in [3.63, 3.8) is 0 Å². The molecule has 2 N–H and O–H groups in total. The van der Waals surface area contributed by atoms with Crippen LogP contribution in [0.15, 0.2) is 48.7 Å². The molecule has 2 amide bonds. The van der Waals surface area contributed by atoms with E-state index < -0.39 is 5.60 Å². The summed E-state index contributed by atoms with van der Waals surface area (Å²) in [4.78, 5) is 18.4. The normalized spacial score (nSPS) is 12.5. The maximum atomic E-state index is 12.5. The van der Waals surface area contributed by atoms with Crippen molar-refractivity contribution in [1.29, 1.82) is 0 Å². The summed E-state index contributed by atoms with van der Waals surface area (Å²) in [6.45, 7) is 5.66. The van der Waals surface area contributed by atoms with Crippen molar-refractivity contribution in [3.8, 4) is 0 Å². The maximum Gasteiger partial charge on any atom is 0.317 e. The van der Waals surface area contributed by atoms with Crippen LogP contribution in [-0.2, 0) is 6.42 Å². The minimum absolute atomic E-state index is 0.232. The van der Waals surface area contributed by atoms with Crippen LogP contribution >= 0.6 is 0 Å². The van der Waals surface area contributed by atoms with Crippen molar-refractivity contribution in [2.45, 2.75) is 38.8 Å². The third-order valence-electron chi connectivity index (χ3n) is 3.87. The monoisotopic (exact) mass is 341 g/mol. The number of benzene rings is 1. The smallest absolute Gasteiger partial charge is 0.317 e. The van der Waals surface area contributed by atoms with Crippen LogP contribution in [0.4, 0.5) is 4.79 Å². The Hall–Kier alpha value is -2.40. The molecule has 0 fully saturated rings. The SMILES string of the molecule is Cc1ccc(CC(NC(=O)N(C)CC(C)(C)O)c2ccccn2)cc1. The molecule has 25 heavy (non-hydrogen) atoms. The highest BCUT2D eigenvalue weighted by atomic mass is 16.3. The lowest BCUT2D eigenvalue weighted by atomic mass is 10.0. The standard InChI is InChI=1S/C20H27N3O2/c1-15-8-10-16(11-9-15)13-18(17-7-5-6-12-21-17)22-19(24)23(4)14-20(2,3)25/h5-12,18,25H,13-14H2,1-4H3,(H,22,24). The first-order valence-corrected chi connectivity index (χ1v) is 8.45. The van der Waals surface area contributed by atoms with Crippen molar-refractivity contribution in [2.75, 3.05) is 13.6 Å². The first-order valence-electron chi connectivity index (χ1n) is 8.45. The van der Waals surface area contributed by atoms with Gasteiger partial charge >= 0.3 is 6.03 Å². The number of carbonyl (C=O) groups excluding carboxylic acids is 1. The van der Waals surface area contributed by atoms with Crippen LogP contribution in [0.25, 0.3) is 0 Å². The second kappa shape index (κ2) is 8.12. The summed E-state index contributed by atoms with van der Waals surface area (Å²) in [6.07, 6.45) is 2.38. The molecule has 134 valence electrons. The van der Waals surface area contributed by atoms with E-state index in [2.05, 4.69) is 34.6 Å². The largest absolute Gasteiger partial charge is 0.389 e. The van der Waals surface area contributed by atoms with E-state index in [9.17, 15) is 9.90 Å². The van der Waals surface area contributed by atoms with Gasteiger partial charge in [-0.25, -0.2) is 4.79 Å². The summed E-state index contributed by atoms with van der Waals surface area (Å²) >= 11 is 0. The van der Waals surface area contributed by atoms with Gasteiger partial charge in [-0.05, 0) is 44.9 Å². The number of aliphatic hydroxyl groups is 1. The molecule has 1 unspecified atom stereocenters. The Kier molecular flexibility index (Phi) is 6.15. The lowest BCUT2D eigenvalue weighted by Crippen LogP contribution is -2.46. The zero-order chi connectivity index (χ0) is 18.4. The van der Waals surface area contributed by atoms with E-state index in [1.54, 1.807) is 27.1 Å². The molecule has 0 saturated carbocycles. The molecule has 2 rings (SSSR count). The Labute approximate surface area is 149 Å². The number of hydrogen-bond donors (Lipinski definition) is 2. The van der Waals surface area contributed by atoms with Gasteiger partial charge in [-0.1, -0.05) is 35.9 Å². The number of nitrogens with zero attached hydrogens (tertiary/aromatic N) is 2. The van der Waals surface area contributed by atoms with Gasteiger partial charge in [0.1, 0.15) is 0 Å². The van der Waals surface area contributed by atoms with Crippen molar-refractivity contribution in [2.24, 2.45) is 0 Å². The van der Waals surface area contributed by atoms with Gasteiger partial charge < -0.3 is 15.3 Å².